The van der Waals surface area contributed by atoms with E-state index in [1.807, 2.05) is 6.07 Å². The zero-order chi connectivity index (χ0) is 13.1. The standard InChI is InChI=1S/C10H10BrFN2O2S/c1-7(5-13)6-14-17(15,16)10-4-8(11)2-3-9(10)12/h2-4,7,14H,6H2,1H3. The van der Waals surface area contributed by atoms with Gasteiger partial charge in [0.05, 0.1) is 12.0 Å². The lowest BCUT2D eigenvalue weighted by Crippen LogP contribution is -2.28. The summed E-state index contributed by atoms with van der Waals surface area (Å²) in [4.78, 5) is -0.433. The molecule has 0 heterocycles. The Hall–Kier alpha value is -0.970. The molecular weight excluding hydrogens is 311 g/mol. The van der Waals surface area contributed by atoms with Crippen molar-refractivity contribution in [2.45, 2.75) is 11.8 Å². The first-order valence-corrected chi connectivity index (χ1v) is 6.99. The van der Waals surface area contributed by atoms with Crippen molar-refractivity contribution in [3.05, 3.63) is 28.5 Å². The van der Waals surface area contributed by atoms with Gasteiger partial charge >= 0.3 is 0 Å². The van der Waals surface area contributed by atoms with Gasteiger partial charge in [0.2, 0.25) is 10.0 Å². The van der Waals surface area contributed by atoms with Crippen LogP contribution in [0.3, 0.4) is 0 Å². The Morgan fingerprint density at radius 2 is 2.24 bits per heavy atom. The van der Waals surface area contributed by atoms with E-state index >= 15 is 0 Å². The quantitative estimate of drug-likeness (QED) is 0.922. The maximum atomic E-state index is 13.4. The SMILES string of the molecule is CC(C#N)CNS(=O)(=O)c1cc(Br)ccc1F. The molecule has 0 amide bonds. The smallest absolute Gasteiger partial charge is 0.210 e. The van der Waals surface area contributed by atoms with Crippen molar-refractivity contribution in [1.29, 1.82) is 5.26 Å². The second kappa shape index (κ2) is 5.58. The van der Waals surface area contributed by atoms with Crippen LogP contribution in [0, 0.1) is 23.1 Å². The number of nitrogens with zero attached hydrogens (tertiary/aromatic N) is 1. The molecule has 1 rings (SSSR count). The van der Waals surface area contributed by atoms with Gasteiger partial charge in [0.1, 0.15) is 10.7 Å². The average molecular weight is 321 g/mol. The first kappa shape index (κ1) is 14.1. The van der Waals surface area contributed by atoms with Crippen molar-refractivity contribution < 1.29 is 12.8 Å². The average Bonchev–Trinajstić information content (AvgIpc) is 2.29. The molecule has 1 aromatic rings. The van der Waals surface area contributed by atoms with Gasteiger partial charge in [-0.05, 0) is 25.1 Å². The van der Waals surface area contributed by atoms with Crippen LogP contribution in [-0.4, -0.2) is 15.0 Å². The molecule has 0 saturated carbocycles. The number of hydrogen-bond acceptors (Lipinski definition) is 3. The van der Waals surface area contributed by atoms with Gasteiger partial charge in [0.15, 0.2) is 0 Å². The summed E-state index contributed by atoms with van der Waals surface area (Å²) in [5, 5.41) is 8.53. The Morgan fingerprint density at radius 1 is 1.59 bits per heavy atom. The molecule has 1 unspecified atom stereocenters. The van der Waals surface area contributed by atoms with E-state index in [0.717, 1.165) is 6.07 Å². The molecule has 0 radical (unpaired) electrons. The zero-order valence-electron chi connectivity index (χ0n) is 8.94. The largest absolute Gasteiger partial charge is 0.243 e. The highest BCUT2D eigenvalue weighted by Crippen LogP contribution is 2.19. The van der Waals surface area contributed by atoms with E-state index in [1.54, 1.807) is 6.92 Å². The van der Waals surface area contributed by atoms with Gasteiger partial charge in [-0.2, -0.15) is 5.26 Å². The van der Waals surface area contributed by atoms with Crippen molar-refractivity contribution >= 4 is 26.0 Å². The molecule has 0 bridgehead atoms. The van der Waals surface area contributed by atoms with Gasteiger partial charge in [0, 0.05) is 11.0 Å². The second-order valence-electron chi connectivity index (χ2n) is 3.46. The summed E-state index contributed by atoms with van der Waals surface area (Å²) in [5.74, 6) is -1.30. The fraction of sp³-hybridized carbons (Fsp3) is 0.300. The summed E-state index contributed by atoms with van der Waals surface area (Å²) < 4.78 is 39.5. The van der Waals surface area contributed by atoms with E-state index in [-0.39, 0.29) is 6.54 Å². The van der Waals surface area contributed by atoms with Crippen molar-refractivity contribution in [1.82, 2.24) is 4.72 Å². The lowest BCUT2D eigenvalue weighted by molar-refractivity contribution is 0.551. The monoisotopic (exact) mass is 320 g/mol. The number of nitrogens with one attached hydrogen (secondary N) is 1. The van der Waals surface area contributed by atoms with Gasteiger partial charge in [-0.25, -0.2) is 17.5 Å². The van der Waals surface area contributed by atoms with Crippen LogP contribution in [0.15, 0.2) is 27.6 Å². The highest BCUT2D eigenvalue weighted by molar-refractivity contribution is 9.10. The van der Waals surface area contributed by atoms with Crippen LogP contribution in [0.5, 0.6) is 0 Å². The van der Waals surface area contributed by atoms with E-state index in [2.05, 4.69) is 20.7 Å². The topological polar surface area (TPSA) is 70.0 Å². The van der Waals surface area contributed by atoms with Gasteiger partial charge in [-0.15, -0.1) is 0 Å². The van der Waals surface area contributed by atoms with Crippen LogP contribution >= 0.6 is 15.9 Å². The Kier molecular flexibility index (Phi) is 4.62. The van der Waals surface area contributed by atoms with Crippen molar-refractivity contribution in [2.75, 3.05) is 6.54 Å². The van der Waals surface area contributed by atoms with Crippen LogP contribution in [0.2, 0.25) is 0 Å². The zero-order valence-corrected chi connectivity index (χ0v) is 11.3. The predicted molar refractivity (Wildman–Crippen MR) is 64.1 cm³/mol. The minimum absolute atomic E-state index is 0.0508. The molecule has 0 spiro atoms. The molecule has 1 atom stereocenters. The first-order valence-electron chi connectivity index (χ1n) is 4.71. The molecule has 0 fully saturated rings. The van der Waals surface area contributed by atoms with Crippen LogP contribution in [0.1, 0.15) is 6.92 Å². The Morgan fingerprint density at radius 3 is 2.82 bits per heavy atom. The number of halogens is 2. The van der Waals surface area contributed by atoms with Gasteiger partial charge in [-0.3, -0.25) is 0 Å². The van der Waals surface area contributed by atoms with E-state index < -0.39 is 26.7 Å². The first-order chi connectivity index (χ1) is 7.86. The molecule has 0 aliphatic rings. The van der Waals surface area contributed by atoms with E-state index in [9.17, 15) is 12.8 Å². The van der Waals surface area contributed by atoms with Crippen LogP contribution < -0.4 is 4.72 Å². The fourth-order valence-electron chi connectivity index (χ4n) is 1.04. The molecule has 1 N–H and O–H groups in total. The lowest BCUT2D eigenvalue weighted by atomic mass is 10.2. The highest BCUT2D eigenvalue weighted by Gasteiger charge is 2.19. The Balaban J connectivity index is 2.98. The van der Waals surface area contributed by atoms with Crippen molar-refractivity contribution in [3.63, 3.8) is 0 Å². The van der Waals surface area contributed by atoms with Crippen LogP contribution in [-0.2, 0) is 10.0 Å². The minimum Gasteiger partial charge on any atom is -0.210 e. The van der Waals surface area contributed by atoms with Gasteiger partial charge in [-0.1, -0.05) is 15.9 Å². The summed E-state index contributed by atoms with van der Waals surface area (Å²) in [6.45, 7) is 1.52. The number of nitriles is 1. The normalized spacial score (nSPS) is 13.1. The van der Waals surface area contributed by atoms with Crippen molar-refractivity contribution in [2.24, 2.45) is 5.92 Å². The van der Waals surface area contributed by atoms with Crippen molar-refractivity contribution in [3.8, 4) is 6.07 Å². The number of rotatable bonds is 4. The maximum Gasteiger partial charge on any atom is 0.243 e. The lowest BCUT2D eigenvalue weighted by Gasteiger charge is -2.08. The van der Waals surface area contributed by atoms with Crippen LogP contribution in [0.25, 0.3) is 0 Å². The highest BCUT2D eigenvalue weighted by atomic mass is 79.9. The fourth-order valence-corrected chi connectivity index (χ4v) is 2.79. The third-order valence-electron chi connectivity index (χ3n) is 1.98. The van der Waals surface area contributed by atoms with E-state index in [1.165, 1.54) is 12.1 Å². The molecule has 0 aliphatic carbocycles. The number of hydrogen-bond donors (Lipinski definition) is 1. The maximum absolute atomic E-state index is 13.4. The third kappa shape index (κ3) is 3.77. The van der Waals surface area contributed by atoms with Crippen LogP contribution in [0.4, 0.5) is 4.39 Å². The van der Waals surface area contributed by atoms with Gasteiger partial charge < -0.3 is 0 Å². The van der Waals surface area contributed by atoms with Gasteiger partial charge in [0.25, 0.3) is 0 Å². The minimum atomic E-state index is -3.92. The second-order valence-corrected chi connectivity index (χ2v) is 6.11. The molecule has 1 aromatic carbocycles. The Labute approximate surface area is 108 Å². The van der Waals surface area contributed by atoms with E-state index in [4.69, 9.17) is 5.26 Å². The summed E-state index contributed by atoms with van der Waals surface area (Å²) in [6.07, 6.45) is 0. The Bertz CT molecular complexity index is 554. The molecule has 0 aromatic heterocycles. The molecule has 0 saturated heterocycles. The summed E-state index contributed by atoms with van der Waals surface area (Å²) in [5.41, 5.74) is 0. The summed E-state index contributed by atoms with van der Waals surface area (Å²) in [6, 6.07) is 5.53. The predicted octanol–water partition coefficient (Wildman–Crippen LogP) is 2.03. The third-order valence-corrected chi connectivity index (χ3v) is 3.91. The summed E-state index contributed by atoms with van der Waals surface area (Å²) in [7, 11) is -3.92. The molecule has 4 nitrogen and oxygen atoms in total. The molecular formula is C10H10BrFN2O2S. The number of sulfonamides is 1. The molecule has 17 heavy (non-hydrogen) atoms. The molecule has 0 aliphatic heterocycles. The summed E-state index contributed by atoms with van der Waals surface area (Å²) >= 11 is 3.07. The van der Waals surface area contributed by atoms with E-state index in [0.29, 0.717) is 4.47 Å². The number of benzene rings is 1. The molecule has 92 valence electrons. The molecule has 7 heteroatoms.